The molecule has 5 rings (SSSR count). The molecule has 0 atom stereocenters. The van der Waals surface area contributed by atoms with Crippen LogP contribution in [0.4, 0.5) is 22.0 Å². The zero-order valence-corrected chi connectivity index (χ0v) is 17.5. The largest absolute Gasteiger partial charge is 0.506 e. The number of aromatic hydroxyl groups is 1. The molecule has 9 heteroatoms. The summed E-state index contributed by atoms with van der Waals surface area (Å²) in [6, 6.07) is 10.4. The van der Waals surface area contributed by atoms with Gasteiger partial charge >= 0.3 is 5.63 Å². The molecule has 34 heavy (non-hydrogen) atoms. The van der Waals surface area contributed by atoms with E-state index in [0.717, 1.165) is 16.7 Å². The monoisotopic (exact) mass is 472 g/mol. The van der Waals surface area contributed by atoms with Crippen molar-refractivity contribution in [3.63, 3.8) is 0 Å². The van der Waals surface area contributed by atoms with Crippen molar-refractivity contribution >= 4 is 16.8 Å². The van der Waals surface area contributed by atoms with Crippen LogP contribution in [0.2, 0.25) is 0 Å². The molecule has 0 aliphatic heterocycles. The predicted octanol–water partition coefficient (Wildman–Crippen LogP) is 5.73. The van der Waals surface area contributed by atoms with Gasteiger partial charge in [0.05, 0.1) is 5.39 Å². The first kappa shape index (κ1) is 21.8. The summed E-state index contributed by atoms with van der Waals surface area (Å²) in [6.45, 7) is 3.89. The number of ketones is 1. The van der Waals surface area contributed by atoms with E-state index in [-0.39, 0.29) is 11.0 Å². The molecule has 1 aliphatic rings. The highest BCUT2D eigenvalue weighted by atomic mass is 19.2. The third kappa shape index (κ3) is 2.69. The van der Waals surface area contributed by atoms with Crippen LogP contribution in [-0.4, -0.2) is 10.9 Å². The summed E-state index contributed by atoms with van der Waals surface area (Å²) >= 11 is 0. The van der Waals surface area contributed by atoms with E-state index in [2.05, 4.69) is 0 Å². The molecule has 0 unspecified atom stereocenters. The first-order valence-corrected chi connectivity index (χ1v) is 9.97. The Hall–Kier alpha value is -4.01. The van der Waals surface area contributed by atoms with Gasteiger partial charge in [0, 0.05) is 5.41 Å². The Balaban J connectivity index is 1.79. The molecule has 1 heterocycles. The maximum Gasteiger partial charge on any atom is 0.351 e. The maximum absolute atomic E-state index is 14.2. The minimum Gasteiger partial charge on any atom is -0.506 e. The molecule has 4 nitrogen and oxygen atoms in total. The van der Waals surface area contributed by atoms with Crippen molar-refractivity contribution < 1.29 is 36.3 Å². The van der Waals surface area contributed by atoms with Crippen LogP contribution in [0.1, 0.15) is 40.9 Å². The van der Waals surface area contributed by atoms with E-state index in [4.69, 9.17) is 4.42 Å². The molecule has 1 aromatic heterocycles. The number of carbonyl (C=O) groups excluding carboxylic acids is 1. The number of carbonyl (C=O) groups is 1. The van der Waals surface area contributed by atoms with Crippen LogP contribution >= 0.6 is 0 Å². The van der Waals surface area contributed by atoms with Gasteiger partial charge in [0.15, 0.2) is 28.8 Å². The highest BCUT2D eigenvalue weighted by molar-refractivity contribution is 6.13. The van der Waals surface area contributed by atoms with Crippen molar-refractivity contribution in [2.24, 2.45) is 0 Å². The van der Waals surface area contributed by atoms with Crippen LogP contribution in [0.25, 0.3) is 22.1 Å². The Labute approximate surface area is 187 Å². The van der Waals surface area contributed by atoms with Crippen LogP contribution in [-0.2, 0) is 5.41 Å². The lowest BCUT2D eigenvalue weighted by Gasteiger charge is -2.21. The second kappa shape index (κ2) is 6.99. The molecule has 0 saturated heterocycles. The number of halogens is 5. The Morgan fingerprint density at radius 2 is 1.41 bits per heavy atom. The SMILES string of the molecule is CC1(C)c2ccccc2-c2cc3c(O)c(C(=O)c4c(F)c(F)c(F)c(F)c4F)c(=O)oc3cc21. The third-order valence-corrected chi connectivity index (χ3v) is 6.25. The van der Waals surface area contributed by atoms with Crippen LogP contribution in [0.5, 0.6) is 5.75 Å². The van der Waals surface area contributed by atoms with Crippen molar-refractivity contribution in [2.75, 3.05) is 0 Å². The quantitative estimate of drug-likeness (QED) is 0.133. The Morgan fingerprint density at radius 3 is 2.06 bits per heavy atom. The second-order valence-electron chi connectivity index (χ2n) is 8.45. The number of rotatable bonds is 2. The van der Waals surface area contributed by atoms with Crippen molar-refractivity contribution in [1.82, 2.24) is 0 Å². The van der Waals surface area contributed by atoms with Crippen LogP contribution < -0.4 is 5.63 Å². The molecule has 172 valence electrons. The first-order chi connectivity index (χ1) is 16.0. The maximum atomic E-state index is 14.2. The minimum absolute atomic E-state index is 0.115. The summed E-state index contributed by atoms with van der Waals surface area (Å²) in [7, 11) is 0. The van der Waals surface area contributed by atoms with Crippen LogP contribution in [0.15, 0.2) is 45.6 Å². The molecule has 3 aromatic carbocycles. The lowest BCUT2D eigenvalue weighted by Crippen LogP contribution is -2.20. The average molecular weight is 472 g/mol. The Bertz CT molecular complexity index is 1610. The molecule has 0 fully saturated rings. The summed E-state index contributed by atoms with van der Waals surface area (Å²) in [5.74, 6) is -14.9. The summed E-state index contributed by atoms with van der Waals surface area (Å²) in [5, 5.41) is 10.6. The lowest BCUT2D eigenvalue weighted by atomic mass is 9.82. The molecular formula is C25H13F5O4. The fraction of sp³-hybridized carbons (Fsp3) is 0.120. The van der Waals surface area contributed by atoms with E-state index in [1.54, 1.807) is 6.07 Å². The molecule has 0 bridgehead atoms. The van der Waals surface area contributed by atoms with E-state index in [0.29, 0.717) is 5.56 Å². The highest BCUT2D eigenvalue weighted by Crippen LogP contribution is 2.50. The summed E-state index contributed by atoms with van der Waals surface area (Å²) in [4.78, 5) is 25.3. The van der Waals surface area contributed by atoms with Gasteiger partial charge in [0.1, 0.15) is 16.9 Å². The highest BCUT2D eigenvalue weighted by Gasteiger charge is 2.37. The molecule has 0 spiro atoms. The van der Waals surface area contributed by atoms with Crippen molar-refractivity contribution in [3.8, 4) is 16.9 Å². The summed E-state index contributed by atoms with van der Waals surface area (Å²) in [5.41, 5.74) is -2.01. The lowest BCUT2D eigenvalue weighted by molar-refractivity contribution is 0.102. The zero-order chi connectivity index (χ0) is 24.7. The fourth-order valence-electron chi connectivity index (χ4n) is 4.51. The van der Waals surface area contributed by atoms with Gasteiger partial charge in [-0.2, -0.15) is 0 Å². The first-order valence-electron chi connectivity index (χ1n) is 9.97. The van der Waals surface area contributed by atoms with Crippen molar-refractivity contribution in [3.05, 3.63) is 98.2 Å². The van der Waals surface area contributed by atoms with E-state index in [1.807, 2.05) is 32.0 Å². The number of hydrogen-bond acceptors (Lipinski definition) is 4. The number of benzene rings is 3. The normalized spacial score (nSPS) is 13.7. The van der Waals surface area contributed by atoms with Crippen LogP contribution in [0, 0.1) is 29.1 Å². The second-order valence-corrected chi connectivity index (χ2v) is 8.45. The van der Waals surface area contributed by atoms with Gasteiger partial charge in [-0.15, -0.1) is 0 Å². The topological polar surface area (TPSA) is 67.5 Å². The Kier molecular flexibility index (Phi) is 4.49. The van der Waals surface area contributed by atoms with E-state index < -0.39 is 62.8 Å². The Morgan fingerprint density at radius 1 is 0.824 bits per heavy atom. The average Bonchev–Trinajstić information content (AvgIpc) is 3.02. The molecule has 0 radical (unpaired) electrons. The molecule has 0 saturated carbocycles. The van der Waals surface area contributed by atoms with Crippen LogP contribution in [0.3, 0.4) is 0 Å². The number of hydrogen-bond donors (Lipinski definition) is 1. The van der Waals surface area contributed by atoms with E-state index >= 15 is 0 Å². The van der Waals surface area contributed by atoms with E-state index in [1.165, 1.54) is 12.1 Å². The van der Waals surface area contributed by atoms with Crippen molar-refractivity contribution in [2.45, 2.75) is 19.3 Å². The van der Waals surface area contributed by atoms with Gasteiger partial charge in [-0.3, -0.25) is 4.79 Å². The summed E-state index contributed by atoms with van der Waals surface area (Å²) in [6.07, 6.45) is 0. The van der Waals surface area contributed by atoms with Gasteiger partial charge in [-0.1, -0.05) is 38.1 Å². The molecular weight excluding hydrogens is 459 g/mol. The smallest absolute Gasteiger partial charge is 0.351 e. The minimum atomic E-state index is -2.46. The van der Waals surface area contributed by atoms with Gasteiger partial charge in [0.25, 0.3) is 0 Å². The number of fused-ring (bicyclic) bond motifs is 4. The van der Waals surface area contributed by atoms with Gasteiger partial charge in [-0.05, 0) is 34.4 Å². The van der Waals surface area contributed by atoms with Gasteiger partial charge in [0.2, 0.25) is 11.6 Å². The standard InChI is InChI=1S/C25H13F5O4/c1-25(2)12-6-4-3-5-9(12)10-7-11-14(8-13(10)25)34-24(33)16(22(11)31)23(32)15-17(26)19(28)21(30)20(29)18(15)27/h3-8,31H,1-2H3. The fourth-order valence-corrected chi connectivity index (χ4v) is 4.51. The van der Waals surface area contributed by atoms with Gasteiger partial charge < -0.3 is 9.52 Å². The molecule has 0 amide bonds. The van der Waals surface area contributed by atoms with E-state index in [9.17, 15) is 36.6 Å². The predicted molar refractivity (Wildman–Crippen MR) is 111 cm³/mol. The van der Waals surface area contributed by atoms with Gasteiger partial charge in [-0.25, -0.2) is 26.7 Å². The summed E-state index contributed by atoms with van der Waals surface area (Å²) < 4.78 is 74.1. The zero-order valence-electron chi connectivity index (χ0n) is 17.5. The molecule has 1 N–H and O–H groups in total. The third-order valence-electron chi connectivity index (χ3n) is 6.25. The molecule has 1 aliphatic carbocycles. The van der Waals surface area contributed by atoms with Crippen molar-refractivity contribution in [1.29, 1.82) is 0 Å². The molecule has 4 aromatic rings.